The fraction of sp³-hybridized carbons (Fsp3) is 0.200. The number of benzene rings is 1. The van der Waals surface area contributed by atoms with Gasteiger partial charge in [0.2, 0.25) is 0 Å². The van der Waals surface area contributed by atoms with Crippen LogP contribution in [0.2, 0.25) is 0 Å². The zero-order chi connectivity index (χ0) is 17.0. The molecule has 0 aliphatic heterocycles. The van der Waals surface area contributed by atoms with Crippen molar-refractivity contribution in [3.63, 3.8) is 0 Å². The monoisotopic (exact) mass is 318 g/mol. The number of oxazole rings is 1. The van der Waals surface area contributed by atoms with Crippen molar-refractivity contribution in [3.05, 3.63) is 47.2 Å². The van der Waals surface area contributed by atoms with Crippen LogP contribution in [-0.4, -0.2) is 37.0 Å². The van der Waals surface area contributed by atoms with Gasteiger partial charge in [-0.05, 0) is 25.1 Å². The number of methoxy groups -OCH3 is 2. The number of aromatic nitrogens is 1. The minimum absolute atomic E-state index is 0.0804. The second kappa shape index (κ2) is 6.73. The molecule has 120 valence electrons. The summed E-state index contributed by atoms with van der Waals surface area (Å²) in [7, 11) is 2.43. The van der Waals surface area contributed by atoms with E-state index in [1.807, 2.05) is 0 Å². The zero-order valence-corrected chi connectivity index (χ0v) is 12.7. The number of ether oxygens (including phenoxy) is 2. The van der Waals surface area contributed by atoms with E-state index in [0.717, 1.165) is 0 Å². The number of carbonyl (C=O) groups is 3. The molecule has 2 rings (SSSR count). The van der Waals surface area contributed by atoms with Gasteiger partial charge in [0.05, 0.1) is 37.2 Å². The van der Waals surface area contributed by atoms with E-state index >= 15 is 0 Å². The lowest BCUT2D eigenvalue weighted by Crippen LogP contribution is -2.16. The Morgan fingerprint density at radius 3 is 2.39 bits per heavy atom. The van der Waals surface area contributed by atoms with Gasteiger partial charge in [-0.3, -0.25) is 4.79 Å². The van der Waals surface area contributed by atoms with Gasteiger partial charge in [0, 0.05) is 0 Å². The Morgan fingerprint density at radius 1 is 1.13 bits per heavy atom. The predicted octanol–water partition coefficient (Wildman–Crippen LogP) is 1.81. The van der Waals surface area contributed by atoms with Gasteiger partial charge in [-0.15, -0.1) is 0 Å². The highest BCUT2D eigenvalue weighted by Crippen LogP contribution is 2.20. The van der Waals surface area contributed by atoms with Crippen molar-refractivity contribution in [2.45, 2.75) is 6.92 Å². The Kier molecular flexibility index (Phi) is 4.75. The maximum atomic E-state index is 12.1. The van der Waals surface area contributed by atoms with Crippen molar-refractivity contribution < 1.29 is 28.3 Å². The van der Waals surface area contributed by atoms with Crippen molar-refractivity contribution >= 4 is 23.5 Å². The summed E-state index contributed by atoms with van der Waals surface area (Å²) < 4.78 is 14.4. The molecule has 0 spiro atoms. The van der Waals surface area contributed by atoms with Crippen LogP contribution in [0.1, 0.15) is 37.2 Å². The van der Waals surface area contributed by atoms with Gasteiger partial charge in [0.1, 0.15) is 5.76 Å². The van der Waals surface area contributed by atoms with Gasteiger partial charge < -0.3 is 19.2 Å². The molecule has 1 amide bonds. The highest BCUT2D eigenvalue weighted by molar-refractivity contribution is 6.07. The van der Waals surface area contributed by atoms with Gasteiger partial charge in [0.25, 0.3) is 5.89 Å². The molecule has 23 heavy (non-hydrogen) atoms. The summed E-state index contributed by atoms with van der Waals surface area (Å²) in [6.07, 6.45) is 1.39. The van der Waals surface area contributed by atoms with Crippen LogP contribution in [0, 0.1) is 6.92 Å². The van der Waals surface area contributed by atoms with Crippen molar-refractivity contribution in [2.75, 3.05) is 19.5 Å². The van der Waals surface area contributed by atoms with Crippen LogP contribution in [0.5, 0.6) is 0 Å². The van der Waals surface area contributed by atoms with E-state index in [1.165, 1.54) is 38.6 Å². The molecule has 2 aromatic rings. The minimum Gasteiger partial charge on any atom is -0.465 e. The largest absolute Gasteiger partial charge is 0.465 e. The molecule has 0 fully saturated rings. The molecule has 1 aromatic carbocycles. The quantitative estimate of drug-likeness (QED) is 0.856. The van der Waals surface area contributed by atoms with Gasteiger partial charge in [0.15, 0.2) is 0 Å². The molecule has 0 saturated carbocycles. The second-order valence-corrected chi connectivity index (χ2v) is 4.47. The summed E-state index contributed by atoms with van der Waals surface area (Å²) in [5.74, 6) is -1.64. The molecule has 1 heterocycles. The third kappa shape index (κ3) is 3.54. The molecular formula is C15H14N2O6. The smallest absolute Gasteiger partial charge is 0.339 e. The second-order valence-electron chi connectivity index (χ2n) is 4.47. The van der Waals surface area contributed by atoms with E-state index in [2.05, 4.69) is 19.8 Å². The standard InChI is InChI=1S/C15H14N2O6/c1-8-7-16-13(23-8)12(18)17-11-6-9(14(19)21-2)4-5-10(11)15(20)22-3/h4-7H,1-3H3,(H,17,18). The lowest BCUT2D eigenvalue weighted by atomic mass is 10.1. The molecule has 0 aliphatic rings. The Morgan fingerprint density at radius 2 is 1.83 bits per heavy atom. The number of nitrogens with zero attached hydrogens (tertiary/aromatic N) is 1. The van der Waals surface area contributed by atoms with Crippen LogP contribution >= 0.6 is 0 Å². The number of aryl methyl sites for hydroxylation is 1. The zero-order valence-electron chi connectivity index (χ0n) is 12.7. The molecular weight excluding hydrogens is 304 g/mol. The molecule has 0 aliphatic carbocycles. The number of hydrogen-bond donors (Lipinski definition) is 1. The predicted molar refractivity (Wildman–Crippen MR) is 78.3 cm³/mol. The third-order valence-corrected chi connectivity index (χ3v) is 2.91. The first-order valence-electron chi connectivity index (χ1n) is 6.50. The first kappa shape index (κ1) is 16.2. The summed E-state index contributed by atoms with van der Waals surface area (Å²) in [4.78, 5) is 39.3. The lowest BCUT2D eigenvalue weighted by molar-refractivity contribution is 0.0587. The van der Waals surface area contributed by atoms with Crippen LogP contribution in [0.15, 0.2) is 28.8 Å². The van der Waals surface area contributed by atoms with E-state index in [4.69, 9.17) is 4.42 Å². The van der Waals surface area contributed by atoms with Crippen LogP contribution in [0.3, 0.4) is 0 Å². The number of carbonyl (C=O) groups excluding carboxylic acids is 3. The first-order chi connectivity index (χ1) is 11.0. The fourth-order valence-corrected chi connectivity index (χ4v) is 1.82. The van der Waals surface area contributed by atoms with E-state index in [-0.39, 0.29) is 22.7 Å². The SMILES string of the molecule is COC(=O)c1ccc(C(=O)OC)c(NC(=O)c2ncc(C)o2)c1. The van der Waals surface area contributed by atoms with Crippen LogP contribution in [0.4, 0.5) is 5.69 Å². The Labute approximate surface area is 131 Å². The molecule has 1 aromatic heterocycles. The molecule has 8 heteroatoms. The van der Waals surface area contributed by atoms with E-state index in [1.54, 1.807) is 6.92 Å². The molecule has 0 unspecified atom stereocenters. The maximum Gasteiger partial charge on any atom is 0.339 e. The maximum absolute atomic E-state index is 12.1. The summed E-state index contributed by atoms with van der Waals surface area (Å²) in [5.41, 5.74) is 0.330. The van der Waals surface area contributed by atoms with Gasteiger partial charge in [-0.2, -0.15) is 0 Å². The number of hydrogen-bond acceptors (Lipinski definition) is 7. The average molecular weight is 318 g/mol. The summed E-state index contributed by atoms with van der Waals surface area (Å²) in [5, 5.41) is 2.47. The summed E-state index contributed by atoms with van der Waals surface area (Å²) in [6.45, 7) is 1.64. The van der Waals surface area contributed by atoms with Crippen LogP contribution in [0.25, 0.3) is 0 Å². The van der Waals surface area contributed by atoms with Crippen molar-refractivity contribution in [3.8, 4) is 0 Å². The highest BCUT2D eigenvalue weighted by atomic mass is 16.5. The lowest BCUT2D eigenvalue weighted by Gasteiger charge is -2.10. The van der Waals surface area contributed by atoms with E-state index in [0.29, 0.717) is 5.76 Å². The molecule has 0 saturated heterocycles. The topological polar surface area (TPSA) is 108 Å². The first-order valence-corrected chi connectivity index (χ1v) is 6.50. The number of esters is 2. The molecule has 8 nitrogen and oxygen atoms in total. The highest BCUT2D eigenvalue weighted by Gasteiger charge is 2.19. The van der Waals surface area contributed by atoms with Gasteiger partial charge in [-0.1, -0.05) is 0 Å². The van der Waals surface area contributed by atoms with Crippen molar-refractivity contribution in [2.24, 2.45) is 0 Å². The molecule has 0 bridgehead atoms. The van der Waals surface area contributed by atoms with Gasteiger partial charge >= 0.3 is 17.8 Å². The van der Waals surface area contributed by atoms with E-state index in [9.17, 15) is 14.4 Å². The number of amides is 1. The van der Waals surface area contributed by atoms with Crippen molar-refractivity contribution in [1.29, 1.82) is 0 Å². The van der Waals surface area contributed by atoms with E-state index < -0.39 is 17.8 Å². The average Bonchev–Trinajstić information content (AvgIpc) is 3.00. The normalized spacial score (nSPS) is 10.0. The number of nitrogens with one attached hydrogen (secondary N) is 1. The fourth-order valence-electron chi connectivity index (χ4n) is 1.82. The van der Waals surface area contributed by atoms with Crippen LogP contribution < -0.4 is 5.32 Å². The Bertz CT molecular complexity index is 765. The summed E-state index contributed by atoms with van der Waals surface area (Å²) in [6, 6.07) is 4.06. The summed E-state index contributed by atoms with van der Waals surface area (Å²) >= 11 is 0. The molecule has 1 N–H and O–H groups in total. The molecule has 0 radical (unpaired) electrons. The Hall–Kier alpha value is -3.16. The third-order valence-electron chi connectivity index (χ3n) is 2.91. The molecule has 0 atom stereocenters. The minimum atomic E-state index is -0.666. The number of anilines is 1. The van der Waals surface area contributed by atoms with Gasteiger partial charge in [-0.25, -0.2) is 14.6 Å². The Balaban J connectivity index is 2.38. The van der Waals surface area contributed by atoms with Crippen LogP contribution in [-0.2, 0) is 9.47 Å². The van der Waals surface area contributed by atoms with Crippen molar-refractivity contribution in [1.82, 2.24) is 4.98 Å². The number of rotatable bonds is 4.